The van der Waals surface area contributed by atoms with Gasteiger partial charge in [0.25, 0.3) is 0 Å². The quantitative estimate of drug-likeness (QED) is 0.294. The van der Waals surface area contributed by atoms with Crippen LogP contribution in [-0.4, -0.2) is 22.8 Å². The summed E-state index contributed by atoms with van der Waals surface area (Å²) < 4.78 is 13.4. The summed E-state index contributed by atoms with van der Waals surface area (Å²) in [7, 11) is 1.64. The zero-order valence-electron chi connectivity index (χ0n) is 21.1. The topological polar surface area (TPSA) is 65.4 Å². The molecule has 0 aliphatic rings. The largest absolute Gasteiger partial charge is 0.496 e. The van der Waals surface area contributed by atoms with Crippen molar-refractivity contribution in [1.82, 2.24) is 9.78 Å². The molecule has 1 N–H and O–H groups in total. The molecule has 0 saturated heterocycles. The van der Waals surface area contributed by atoms with Gasteiger partial charge in [-0.3, -0.25) is 9.48 Å². The summed E-state index contributed by atoms with van der Waals surface area (Å²) in [6.45, 7) is 6.89. The Hall–Kier alpha value is -4.32. The molecular weight excluding hydrogens is 450 g/mol. The third-order valence-electron chi connectivity index (χ3n) is 6.01. The number of methoxy groups -OCH3 is 1. The first-order valence-electron chi connectivity index (χ1n) is 11.9. The smallest absolute Gasteiger partial charge is 0.248 e. The van der Waals surface area contributed by atoms with Crippen molar-refractivity contribution < 1.29 is 14.3 Å². The van der Waals surface area contributed by atoms with Crippen LogP contribution in [-0.2, 0) is 17.9 Å². The van der Waals surface area contributed by atoms with Gasteiger partial charge in [0.05, 0.1) is 30.7 Å². The van der Waals surface area contributed by atoms with Crippen LogP contribution < -0.4 is 14.8 Å². The molecule has 1 heterocycles. The van der Waals surface area contributed by atoms with Crippen LogP contribution >= 0.6 is 0 Å². The number of carbonyl (C=O) groups is 1. The Bertz CT molecular complexity index is 1370. The standard InChI is InChI=1S/C30H31N3O3/c1-21-10-8-9-13-27(21)36-20-26-18-24(14-16-28(26)35-4)15-17-29(34)31-30-22(2)32-33(23(30)3)19-25-11-6-5-7-12-25/h5-18H,19-20H2,1-4H3,(H,31,34)/b17-15+. The van der Waals surface area contributed by atoms with E-state index < -0.39 is 0 Å². The zero-order chi connectivity index (χ0) is 25.5. The van der Waals surface area contributed by atoms with Gasteiger partial charge in [-0.05, 0) is 61.7 Å². The first-order valence-corrected chi connectivity index (χ1v) is 11.9. The fourth-order valence-corrected chi connectivity index (χ4v) is 4.01. The summed E-state index contributed by atoms with van der Waals surface area (Å²) in [6.07, 6.45) is 3.31. The van der Waals surface area contributed by atoms with Crippen molar-refractivity contribution in [2.45, 2.75) is 33.9 Å². The average molecular weight is 482 g/mol. The molecule has 4 aromatic rings. The van der Waals surface area contributed by atoms with Crippen LogP contribution in [0.4, 0.5) is 5.69 Å². The molecule has 0 saturated carbocycles. The molecule has 0 atom stereocenters. The lowest BCUT2D eigenvalue weighted by atomic mass is 10.1. The van der Waals surface area contributed by atoms with Crippen LogP contribution in [0.25, 0.3) is 6.08 Å². The molecule has 0 fully saturated rings. The number of hydrogen-bond donors (Lipinski definition) is 1. The van der Waals surface area contributed by atoms with E-state index in [1.807, 2.05) is 86.1 Å². The second-order valence-corrected chi connectivity index (χ2v) is 8.64. The lowest BCUT2D eigenvalue weighted by molar-refractivity contribution is -0.111. The van der Waals surface area contributed by atoms with Crippen LogP contribution in [0.3, 0.4) is 0 Å². The molecule has 4 rings (SSSR count). The van der Waals surface area contributed by atoms with E-state index >= 15 is 0 Å². The van der Waals surface area contributed by atoms with Gasteiger partial charge in [-0.25, -0.2) is 0 Å². The maximum absolute atomic E-state index is 12.7. The SMILES string of the molecule is COc1ccc(/C=C/C(=O)Nc2c(C)nn(Cc3ccccc3)c2C)cc1COc1ccccc1C. The van der Waals surface area contributed by atoms with Crippen molar-refractivity contribution in [1.29, 1.82) is 0 Å². The second kappa shape index (κ2) is 11.4. The Kier molecular flexibility index (Phi) is 7.85. The van der Waals surface area contributed by atoms with Gasteiger partial charge in [-0.2, -0.15) is 5.10 Å². The number of nitrogens with zero attached hydrogens (tertiary/aromatic N) is 2. The number of anilines is 1. The van der Waals surface area contributed by atoms with Gasteiger partial charge in [0.1, 0.15) is 18.1 Å². The predicted octanol–water partition coefficient (Wildman–Crippen LogP) is 6.10. The third-order valence-corrected chi connectivity index (χ3v) is 6.01. The van der Waals surface area contributed by atoms with Crippen LogP contribution in [0.5, 0.6) is 11.5 Å². The molecule has 0 aliphatic heterocycles. The van der Waals surface area contributed by atoms with Crippen molar-refractivity contribution in [3.8, 4) is 11.5 Å². The number of aryl methyl sites for hydroxylation is 2. The van der Waals surface area contributed by atoms with Crippen LogP contribution in [0.15, 0.2) is 78.9 Å². The van der Waals surface area contributed by atoms with Crippen LogP contribution in [0.2, 0.25) is 0 Å². The van der Waals surface area contributed by atoms with Crippen LogP contribution in [0, 0.1) is 20.8 Å². The number of para-hydroxylation sites is 1. The van der Waals surface area contributed by atoms with Gasteiger partial charge in [0.15, 0.2) is 0 Å². The van der Waals surface area contributed by atoms with Crippen LogP contribution in [0.1, 0.15) is 33.6 Å². The molecule has 0 spiro atoms. The Morgan fingerprint density at radius 3 is 2.47 bits per heavy atom. The Morgan fingerprint density at radius 2 is 1.72 bits per heavy atom. The van der Waals surface area contributed by atoms with Gasteiger partial charge in [0.2, 0.25) is 5.91 Å². The summed E-state index contributed by atoms with van der Waals surface area (Å²) >= 11 is 0. The van der Waals surface area contributed by atoms with E-state index in [-0.39, 0.29) is 5.91 Å². The van der Waals surface area contributed by atoms with Gasteiger partial charge >= 0.3 is 0 Å². The maximum atomic E-state index is 12.7. The number of rotatable bonds is 9. The van der Waals surface area contributed by atoms with Crippen molar-refractivity contribution in [2.24, 2.45) is 0 Å². The lowest BCUT2D eigenvalue weighted by Gasteiger charge is -2.12. The van der Waals surface area contributed by atoms with Gasteiger partial charge in [-0.15, -0.1) is 0 Å². The summed E-state index contributed by atoms with van der Waals surface area (Å²) in [6, 6.07) is 23.8. The first-order chi connectivity index (χ1) is 17.4. The minimum Gasteiger partial charge on any atom is -0.496 e. The minimum atomic E-state index is -0.214. The maximum Gasteiger partial charge on any atom is 0.248 e. The van der Waals surface area contributed by atoms with E-state index in [0.29, 0.717) is 13.2 Å². The highest BCUT2D eigenvalue weighted by Crippen LogP contribution is 2.25. The van der Waals surface area contributed by atoms with E-state index in [9.17, 15) is 4.79 Å². The number of hydrogen-bond acceptors (Lipinski definition) is 4. The molecule has 0 bridgehead atoms. The fraction of sp³-hybridized carbons (Fsp3) is 0.200. The highest BCUT2D eigenvalue weighted by atomic mass is 16.5. The van der Waals surface area contributed by atoms with Gasteiger partial charge < -0.3 is 14.8 Å². The summed E-state index contributed by atoms with van der Waals surface area (Å²) in [5.74, 6) is 1.36. The van der Waals surface area contributed by atoms with E-state index in [1.54, 1.807) is 13.2 Å². The molecule has 184 valence electrons. The number of benzene rings is 3. The molecule has 0 radical (unpaired) electrons. The van der Waals surface area contributed by atoms with Gasteiger partial charge in [0, 0.05) is 11.6 Å². The van der Waals surface area contributed by atoms with E-state index in [0.717, 1.165) is 50.8 Å². The van der Waals surface area contributed by atoms with Crippen molar-refractivity contribution in [2.75, 3.05) is 12.4 Å². The number of ether oxygens (including phenoxy) is 2. The minimum absolute atomic E-state index is 0.214. The van der Waals surface area contributed by atoms with Crippen molar-refractivity contribution in [3.63, 3.8) is 0 Å². The molecule has 3 aromatic carbocycles. The number of aromatic nitrogens is 2. The third kappa shape index (κ3) is 6.02. The van der Waals surface area contributed by atoms with Gasteiger partial charge in [-0.1, -0.05) is 54.6 Å². The normalized spacial score (nSPS) is 11.0. The highest BCUT2D eigenvalue weighted by Gasteiger charge is 2.13. The number of amides is 1. The summed E-state index contributed by atoms with van der Waals surface area (Å²) in [5, 5.41) is 7.60. The molecule has 1 amide bonds. The molecular formula is C30H31N3O3. The summed E-state index contributed by atoms with van der Waals surface area (Å²) in [4.78, 5) is 12.7. The zero-order valence-corrected chi connectivity index (χ0v) is 21.1. The molecule has 6 heteroatoms. The Labute approximate surface area is 212 Å². The number of carbonyl (C=O) groups excluding carboxylic acids is 1. The highest BCUT2D eigenvalue weighted by molar-refractivity contribution is 6.02. The second-order valence-electron chi connectivity index (χ2n) is 8.64. The molecule has 6 nitrogen and oxygen atoms in total. The molecule has 1 aromatic heterocycles. The Balaban J connectivity index is 1.44. The molecule has 0 unspecified atom stereocenters. The number of nitrogens with one attached hydrogen (secondary N) is 1. The average Bonchev–Trinajstić information content (AvgIpc) is 3.14. The molecule has 36 heavy (non-hydrogen) atoms. The fourth-order valence-electron chi connectivity index (χ4n) is 4.01. The lowest BCUT2D eigenvalue weighted by Crippen LogP contribution is -2.10. The monoisotopic (exact) mass is 481 g/mol. The predicted molar refractivity (Wildman–Crippen MR) is 143 cm³/mol. The van der Waals surface area contributed by atoms with E-state index in [4.69, 9.17) is 9.47 Å². The van der Waals surface area contributed by atoms with Crippen molar-refractivity contribution in [3.05, 3.63) is 113 Å². The Morgan fingerprint density at radius 1 is 0.972 bits per heavy atom. The van der Waals surface area contributed by atoms with E-state index in [1.165, 1.54) is 6.08 Å². The molecule has 0 aliphatic carbocycles. The van der Waals surface area contributed by atoms with E-state index in [2.05, 4.69) is 22.5 Å². The summed E-state index contributed by atoms with van der Waals surface area (Å²) in [5.41, 5.74) is 6.44. The first kappa shape index (κ1) is 24.8. The van der Waals surface area contributed by atoms with Crippen molar-refractivity contribution >= 4 is 17.7 Å².